The fraction of sp³-hybridized carbons (Fsp3) is 0.286. The number of carbonyl (C=O) groups excluding carboxylic acids is 2. The van der Waals surface area contributed by atoms with Gasteiger partial charge >= 0.3 is 0 Å². The van der Waals surface area contributed by atoms with Crippen LogP contribution < -0.4 is 10.1 Å². The predicted octanol–water partition coefficient (Wildman–Crippen LogP) is 3.51. The van der Waals surface area contributed by atoms with Gasteiger partial charge in [0, 0.05) is 24.3 Å². The smallest absolute Gasteiger partial charge is 0.255 e. The predicted molar refractivity (Wildman–Crippen MR) is 119 cm³/mol. The molecule has 2 heterocycles. The second kappa shape index (κ2) is 9.46. The highest BCUT2D eigenvalue weighted by atomic mass is 32.2. The maximum Gasteiger partial charge on any atom is 0.255 e. The number of carbonyl (C=O) groups is 2. The van der Waals surface area contributed by atoms with Crippen LogP contribution in [0.1, 0.15) is 10.4 Å². The van der Waals surface area contributed by atoms with Crippen molar-refractivity contribution in [3.63, 3.8) is 0 Å². The summed E-state index contributed by atoms with van der Waals surface area (Å²) < 4.78 is 12.2. The monoisotopic (exact) mass is 443 g/mol. The molecule has 1 aliphatic rings. The molecule has 1 saturated heterocycles. The molecule has 0 radical (unpaired) electrons. The van der Waals surface area contributed by atoms with Crippen LogP contribution in [0.3, 0.4) is 0 Å². The van der Waals surface area contributed by atoms with Crippen LogP contribution in [0.15, 0.2) is 46.8 Å². The molecule has 1 aromatic heterocycles. The van der Waals surface area contributed by atoms with Crippen molar-refractivity contribution in [1.29, 1.82) is 0 Å². The summed E-state index contributed by atoms with van der Waals surface area (Å²) in [5.74, 6) is 0.984. The first-order valence-corrected chi connectivity index (χ1v) is 11.3. The molecule has 9 heteroatoms. The number of nitrogens with one attached hydrogen (secondary N) is 1. The number of amides is 2. The average Bonchev–Trinajstić information content (AvgIpc) is 3.20. The minimum atomic E-state index is -0.188. The summed E-state index contributed by atoms with van der Waals surface area (Å²) in [5.41, 5.74) is 2.11. The van der Waals surface area contributed by atoms with E-state index < -0.39 is 0 Å². The molecule has 0 saturated carbocycles. The Morgan fingerprint density at radius 3 is 2.70 bits per heavy atom. The maximum atomic E-state index is 12.5. The Balaban J connectivity index is 1.39. The third-order valence-electron chi connectivity index (χ3n) is 4.66. The van der Waals surface area contributed by atoms with Crippen molar-refractivity contribution in [3.05, 3.63) is 48.0 Å². The number of anilines is 1. The normalized spacial score (nSPS) is 14.0. The van der Waals surface area contributed by atoms with Crippen molar-refractivity contribution >= 4 is 50.8 Å². The van der Waals surface area contributed by atoms with Gasteiger partial charge in [0.1, 0.15) is 5.75 Å². The van der Waals surface area contributed by atoms with Gasteiger partial charge in [-0.05, 0) is 42.5 Å². The second-order valence-electron chi connectivity index (χ2n) is 6.63. The fourth-order valence-corrected chi connectivity index (χ4v) is 5.03. The van der Waals surface area contributed by atoms with Gasteiger partial charge in [0.2, 0.25) is 5.91 Å². The first kappa shape index (κ1) is 20.6. The highest BCUT2D eigenvalue weighted by Crippen LogP contribution is 2.31. The molecular formula is C21H21N3O4S2. The molecule has 30 heavy (non-hydrogen) atoms. The van der Waals surface area contributed by atoms with E-state index in [1.54, 1.807) is 31.4 Å². The number of thiazole rings is 1. The van der Waals surface area contributed by atoms with E-state index in [0.29, 0.717) is 49.1 Å². The molecule has 4 rings (SSSR count). The summed E-state index contributed by atoms with van der Waals surface area (Å²) in [6, 6.07) is 12.6. The van der Waals surface area contributed by atoms with Gasteiger partial charge < -0.3 is 19.7 Å². The van der Waals surface area contributed by atoms with E-state index in [9.17, 15) is 9.59 Å². The third-order valence-corrected chi connectivity index (χ3v) is 6.81. The lowest BCUT2D eigenvalue weighted by molar-refractivity contribution is -0.132. The highest BCUT2D eigenvalue weighted by Gasteiger charge is 2.17. The molecule has 0 unspecified atom stereocenters. The van der Waals surface area contributed by atoms with Crippen molar-refractivity contribution in [3.8, 4) is 5.75 Å². The zero-order valence-corrected chi connectivity index (χ0v) is 18.1. The van der Waals surface area contributed by atoms with Crippen molar-refractivity contribution in [2.75, 3.05) is 44.5 Å². The Morgan fingerprint density at radius 1 is 1.20 bits per heavy atom. The molecule has 1 aliphatic heterocycles. The second-order valence-corrected chi connectivity index (χ2v) is 8.88. The van der Waals surface area contributed by atoms with Crippen LogP contribution in [0.25, 0.3) is 10.2 Å². The van der Waals surface area contributed by atoms with Gasteiger partial charge in [0.25, 0.3) is 5.91 Å². The molecular weight excluding hydrogens is 422 g/mol. The molecule has 0 atom stereocenters. The van der Waals surface area contributed by atoms with Crippen molar-refractivity contribution in [2.24, 2.45) is 0 Å². The van der Waals surface area contributed by atoms with Gasteiger partial charge in [-0.2, -0.15) is 0 Å². The van der Waals surface area contributed by atoms with Crippen LogP contribution in [0.2, 0.25) is 0 Å². The lowest BCUT2D eigenvalue weighted by Crippen LogP contribution is -2.41. The van der Waals surface area contributed by atoms with Gasteiger partial charge in [0.15, 0.2) is 4.34 Å². The molecule has 7 nitrogen and oxygen atoms in total. The zero-order chi connectivity index (χ0) is 20.9. The minimum Gasteiger partial charge on any atom is -0.497 e. The molecule has 2 aromatic carbocycles. The molecule has 1 fully saturated rings. The largest absolute Gasteiger partial charge is 0.497 e. The highest BCUT2D eigenvalue weighted by molar-refractivity contribution is 8.01. The number of hydrogen-bond donors (Lipinski definition) is 1. The number of benzene rings is 2. The van der Waals surface area contributed by atoms with Gasteiger partial charge in [0.05, 0.1) is 36.3 Å². The van der Waals surface area contributed by atoms with E-state index in [4.69, 9.17) is 9.47 Å². The first-order chi connectivity index (χ1) is 14.6. The van der Waals surface area contributed by atoms with Crippen LogP contribution in [0, 0.1) is 0 Å². The number of hydrogen-bond acceptors (Lipinski definition) is 7. The zero-order valence-electron chi connectivity index (χ0n) is 16.4. The van der Waals surface area contributed by atoms with E-state index in [2.05, 4.69) is 10.3 Å². The molecule has 156 valence electrons. The Morgan fingerprint density at radius 2 is 1.97 bits per heavy atom. The molecule has 3 aromatic rings. The Hall–Kier alpha value is -2.62. The van der Waals surface area contributed by atoms with Crippen molar-refractivity contribution in [1.82, 2.24) is 9.88 Å². The topological polar surface area (TPSA) is 80.8 Å². The quantitative estimate of drug-likeness (QED) is 0.588. The number of methoxy groups -OCH3 is 1. The van der Waals surface area contributed by atoms with Crippen LogP contribution in [0.4, 0.5) is 5.69 Å². The van der Waals surface area contributed by atoms with E-state index in [-0.39, 0.29) is 11.8 Å². The Labute approximate surface area is 182 Å². The molecule has 0 spiro atoms. The lowest BCUT2D eigenvalue weighted by Gasteiger charge is -2.26. The van der Waals surface area contributed by atoms with Crippen molar-refractivity contribution in [2.45, 2.75) is 4.34 Å². The van der Waals surface area contributed by atoms with Crippen LogP contribution in [-0.2, 0) is 9.53 Å². The van der Waals surface area contributed by atoms with E-state index >= 15 is 0 Å². The fourth-order valence-electron chi connectivity index (χ4n) is 3.02. The number of morpholine rings is 1. The summed E-state index contributed by atoms with van der Waals surface area (Å²) in [7, 11) is 1.59. The molecule has 0 bridgehead atoms. The van der Waals surface area contributed by atoms with E-state index in [1.807, 2.05) is 23.1 Å². The number of fused-ring (bicyclic) bond motifs is 1. The van der Waals surface area contributed by atoms with Crippen molar-refractivity contribution < 1.29 is 19.1 Å². The number of ether oxygens (including phenoxy) is 2. The summed E-state index contributed by atoms with van der Waals surface area (Å²) in [5, 5.41) is 2.91. The summed E-state index contributed by atoms with van der Waals surface area (Å²) >= 11 is 2.96. The Bertz CT molecular complexity index is 1050. The number of aromatic nitrogens is 1. The van der Waals surface area contributed by atoms with Gasteiger partial charge in [-0.25, -0.2) is 4.98 Å². The average molecular weight is 444 g/mol. The van der Waals surface area contributed by atoms with Gasteiger partial charge in [-0.1, -0.05) is 11.8 Å². The van der Waals surface area contributed by atoms with E-state index in [1.165, 1.54) is 23.1 Å². The summed E-state index contributed by atoms with van der Waals surface area (Å²) in [4.78, 5) is 31.2. The van der Waals surface area contributed by atoms with Gasteiger partial charge in [-0.3, -0.25) is 9.59 Å². The number of thioether (sulfide) groups is 1. The number of rotatable bonds is 6. The SMILES string of the molecule is COc1ccc(C(=O)Nc2ccc3nc(SCC(=O)N4CCOCC4)sc3c2)cc1. The van der Waals surface area contributed by atoms with Crippen LogP contribution in [-0.4, -0.2) is 60.9 Å². The molecule has 0 aliphatic carbocycles. The third kappa shape index (κ3) is 4.92. The van der Waals surface area contributed by atoms with Gasteiger partial charge in [-0.15, -0.1) is 11.3 Å². The number of nitrogens with zero attached hydrogens (tertiary/aromatic N) is 2. The molecule has 1 N–H and O–H groups in total. The maximum absolute atomic E-state index is 12.5. The Kier molecular flexibility index (Phi) is 6.51. The minimum absolute atomic E-state index is 0.106. The lowest BCUT2D eigenvalue weighted by atomic mass is 10.2. The standard InChI is InChI=1S/C21H21N3O4S2/c1-27-16-5-2-14(3-6-16)20(26)22-15-4-7-17-18(12-15)30-21(23-17)29-13-19(25)24-8-10-28-11-9-24/h2-7,12H,8-11,13H2,1H3,(H,22,26). The van der Waals surface area contributed by atoms with Crippen LogP contribution in [0.5, 0.6) is 5.75 Å². The first-order valence-electron chi connectivity index (χ1n) is 9.47. The van der Waals surface area contributed by atoms with E-state index in [0.717, 1.165) is 14.6 Å². The summed E-state index contributed by atoms with van der Waals surface area (Å²) in [6.07, 6.45) is 0. The summed E-state index contributed by atoms with van der Waals surface area (Å²) in [6.45, 7) is 2.50. The molecule has 2 amide bonds. The van der Waals surface area contributed by atoms with Crippen LogP contribution >= 0.6 is 23.1 Å².